The third-order valence-electron chi connectivity index (χ3n) is 17.8. The number of nitrogens with zero attached hydrogens (tertiary/aromatic N) is 6. The molecule has 3 aromatic heterocycles. The Balaban J connectivity index is 0.000000126. The molecule has 3 heterocycles. The second kappa shape index (κ2) is 34.9. The van der Waals surface area contributed by atoms with Gasteiger partial charge in [-0.2, -0.15) is 0 Å². The summed E-state index contributed by atoms with van der Waals surface area (Å²) < 4.78 is 81.8. The largest absolute Gasteiger partial charge is 0.393 e. The third-order valence-corrected chi connectivity index (χ3v) is 19.0. The molecular formula is C89H53Cl5F6N8O6. The molecule has 0 saturated heterocycles. The molecule has 25 heteroatoms. The van der Waals surface area contributed by atoms with Crippen LogP contribution in [0.25, 0.3) is 110 Å². The number of nitro groups is 1. The summed E-state index contributed by atoms with van der Waals surface area (Å²) >= 11 is 28.8. The first-order chi connectivity index (χ1) is 55.0. The van der Waals surface area contributed by atoms with Gasteiger partial charge in [0.1, 0.15) is 23.2 Å². The van der Waals surface area contributed by atoms with E-state index in [2.05, 4.69) is 50.3 Å². The molecule has 3 N–H and O–H groups in total. The van der Waals surface area contributed by atoms with Gasteiger partial charge in [0.25, 0.3) is 22.7 Å². The number of hydrogen-bond acceptors (Lipinski definition) is 10. The number of carbonyl (C=O) groups is 4. The number of nitrogen functional groups attached to an aromatic ring is 1. The Morgan fingerprint density at radius 3 is 1.31 bits per heavy atom. The van der Waals surface area contributed by atoms with Crippen LogP contribution in [-0.4, -0.2) is 57.3 Å². The molecule has 0 atom stereocenters. The van der Waals surface area contributed by atoms with Crippen LogP contribution in [0.15, 0.2) is 297 Å². The van der Waals surface area contributed by atoms with E-state index in [0.717, 1.165) is 120 Å². The predicted octanol–water partition coefficient (Wildman–Crippen LogP) is 24.8. The Hall–Kier alpha value is -13.3. The quantitative estimate of drug-likeness (QED) is 0.0368. The van der Waals surface area contributed by atoms with Gasteiger partial charge in [-0.05, 0) is 176 Å². The fraction of sp³-hybridized carbons (Fsp3) is 0. The Labute approximate surface area is 668 Å². The maximum Gasteiger partial charge on any atom is 0.293 e. The number of nitrogens with one attached hydrogen (secondary N) is 1. The highest BCUT2D eigenvalue weighted by Gasteiger charge is 2.25. The lowest BCUT2D eigenvalue weighted by Gasteiger charge is -2.11. The van der Waals surface area contributed by atoms with Crippen LogP contribution in [-0.2, 0) is 0 Å². The second-order valence-electron chi connectivity index (χ2n) is 25.1. The van der Waals surface area contributed by atoms with Crippen LogP contribution in [0, 0.1) is 45.0 Å². The van der Waals surface area contributed by atoms with Crippen molar-refractivity contribution in [3.63, 3.8) is 0 Å². The molecule has 0 aliphatic carbocycles. The number of aromatic nitrogens is 6. The van der Waals surface area contributed by atoms with Gasteiger partial charge in [0.2, 0.25) is 0 Å². The van der Waals surface area contributed by atoms with Gasteiger partial charge in [-0.25, -0.2) is 41.3 Å². The number of carbonyl (C=O) groups excluding carboxylic acids is 4. The van der Waals surface area contributed by atoms with Crippen LogP contribution < -0.4 is 5.73 Å². The van der Waals surface area contributed by atoms with E-state index in [0.29, 0.717) is 53.8 Å². The molecule has 0 bridgehead atoms. The summed E-state index contributed by atoms with van der Waals surface area (Å²) in [6.45, 7) is 0. The van der Waals surface area contributed by atoms with Gasteiger partial charge in [-0.3, -0.25) is 38.4 Å². The van der Waals surface area contributed by atoms with Crippen LogP contribution in [0.5, 0.6) is 0 Å². The van der Waals surface area contributed by atoms with Crippen LogP contribution in [0.1, 0.15) is 41.4 Å². The molecule has 18 rings (SSSR count). The zero-order valence-corrected chi connectivity index (χ0v) is 62.5. The van der Waals surface area contributed by atoms with Gasteiger partial charge in [-0.15, -0.1) is 0 Å². The van der Waals surface area contributed by atoms with Crippen LogP contribution in [0.4, 0.5) is 37.7 Å². The molecule has 18 aromatic rings. The monoisotopic (exact) mass is 1620 g/mol. The Kier molecular flexibility index (Phi) is 24.1. The zero-order valence-electron chi connectivity index (χ0n) is 58.7. The van der Waals surface area contributed by atoms with Crippen molar-refractivity contribution in [2.45, 2.75) is 0 Å². The molecule has 0 amide bonds. The molecule has 15 aromatic carbocycles. The van der Waals surface area contributed by atoms with E-state index < -0.39 is 56.9 Å². The first-order valence-corrected chi connectivity index (χ1v) is 36.1. The maximum atomic E-state index is 13.8. The summed E-state index contributed by atoms with van der Waals surface area (Å²) in [6, 6.07) is 83.9. The highest BCUT2D eigenvalue weighted by molar-refractivity contribution is 6.67. The van der Waals surface area contributed by atoms with E-state index in [9.17, 15) is 55.6 Å². The Morgan fingerprint density at radius 1 is 0.395 bits per heavy atom. The predicted molar refractivity (Wildman–Crippen MR) is 440 cm³/mol. The number of anilines is 1. The van der Waals surface area contributed by atoms with E-state index in [1.807, 2.05) is 158 Å². The van der Waals surface area contributed by atoms with Crippen molar-refractivity contribution in [2.24, 2.45) is 0 Å². The number of aldehydes is 1. The molecule has 0 aliphatic heterocycles. The number of rotatable bonds is 8. The smallest absolute Gasteiger partial charge is 0.293 e. The topological polar surface area (TPSA) is 202 Å². The first kappa shape index (κ1) is 78.8. The average Bonchev–Trinajstić information content (AvgIpc) is 1.62. The van der Waals surface area contributed by atoms with Crippen molar-refractivity contribution < 1.29 is 50.4 Å². The van der Waals surface area contributed by atoms with E-state index in [4.69, 9.17) is 63.7 Å². The maximum absolute atomic E-state index is 13.8. The second-order valence-corrected chi connectivity index (χ2v) is 27.1. The summed E-state index contributed by atoms with van der Waals surface area (Å²) in [6.07, 6.45) is 0.891. The number of H-pyrrole nitrogens is 1. The number of halogens is 11. The number of imidazole rings is 3. The minimum Gasteiger partial charge on any atom is -0.393 e. The van der Waals surface area contributed by atoms with Crippen molar-refractivity contribution in [3.05, 3.63) is 385 Å². The molecule has 0 aliphatic rings. The molecule has 0 fully saturated rings. The fourth-order valence-corrected chi connectivity index (χ4v) is 13.2. The van der Waals surface area contributed by atoms with Gasteiger partial charge in [0, 0.05) is 65.1 Å². The first-order valence-electron chi connectivity index (χ1n) is 34.2. The molecule has 0 radical (unpaired) electrons. The number of hydrogen-bond donors (Lipinski definition) is 2. The van der Waals surface area contributed by atoms with Gasteiger partial charge >= 0.3 is 0 Å². The lowest BCUT2D eigenvalue weighted by atomic mass is 10.0. The molecule has 562 valence electrons. The van der Waals surface area contributed by atoms with E-state index in [-0.39, 0.29) is 28.1 Å². The van der Waals surface area contributed by atoms with Crippen molar-refractivity contribution in [3.8, 4) is 34.2 Å². The normalized spacial score (nSPS) is 10.8. The minimum absolute atomic E-state index is 0.00895. The summed E-state index contributed by atoms with van der Waals surface area (Å²) in [5.74, 6) is -5.62. The van der Waals surface area contributed by atoms with E-state index in [1.165, 1.54) is 50.2 Å². The van der Waals surface area contributed by atoms with Crippen molar-refractivity contribution in [2.75, 3.05) is 5.73 Å². The number of benzene rings is 15. The lowest BCUT2D eigenvalue weighted by Crippen LogP contribution is -2.14. The highest BCUT2D eigenvalue weighted by atomic mass is 35.5. The average molecular weight is 1620 g/mol. The Morgan fingerprint density at radius 2 is 0.798 bits per heavy atom. The molecule has 14 nitrogen and oxygen atoms in total. The van der Waals surface area contributed by atoms with Crippen LogP contribution in [0.3, 0.4) is 0 Å². The van der Waals surface area contributed by atoms with E-state index in [1.54, 1.807) is 36.4 Å². The minimum atomic E-state index is -1.09. The van der Waals surface area contributed by atoms with Gasteiger partial charge in [-0.1, -0.05) is 216 Å². The molecule has 114 heavy (non-hydrogen) atoms. The standard InChI is InChI=1S/2C24H13ClF2N2O.C17H11ClN2.C11H8O.C7H3ClF2O.C6H5ClN2O2/c25-16-9-11-22-21(13-16)28-23(18-7-3-5-14-4-1-2-6-17(14)18)29(22)24(30)15-8-10-19(26)20(27)12-15;25-16-9-11-21-22(13-16)29(24(30)15-8-10-19(26)20(27)12-15)23(28-21)18-7-3-5-14-4-1-2-6-17(14)18;18-12-8-9-15-16(10-12)20-17(19-15)14-7-3-5-11-4-1-2-6-13(11)14;12-8-10-6-3-5-9-4-1-2-7-11(9)10;8-7(11)4-1-2-5(9)6(10)3-4;7-4-1-2-5(8)6(3-4)9(10)11/h2*1-13H;1-10H,(H,19,20);1-8H;1-3H;1-3H,8H2. The number of nitro benzene ring substituents is 1. The van der Waals surface area contributed by atoms with Crippen LogP contribution >= 0.6 is 58.0 Å². The molecular weight excluding hydrogens is 1570 g/mol. The Bertz CT molecular complexity index is 6700. The highest BCUT2D eigenvalue weighted by Crippen LogP contribution is 2.37. The molecule has 0 unspecified atom stereocenters. The van der Waals surface area contributed by atoms with Crippen LogP contribution in [0.2, 0.25) is 20.1 Å². The fourth-order valence-electron chi connectivity index (χ4n) is 12.4. The summed E-state index contributed by atoms with van der Waals surface area (Å²) in [5.41, 5.74) is 12.6. The third kappa shape index (κ3) is 17.5. The van der Waals surface area contributed by atoms with Crippen molar-refractivity contribution >= 4 is 169 Å². The van der Waals surface area contributed by atoms with Gasteiger partial charge < -0.3 is 10.7 Å². The van der Waals surface area contributed by atoms with Crippen molar-refractivity contribution in [1.82, 2.24) is 29.1 Å². The molecule has 0 saturated carbocycles. The van der Waals surface area contributed by atoms with Gasteiger partial charge in [0.15, 0.2) is 41.2 Å². The number of aromatic amines is 1. The lowest BCUT2D eigenvalue weighted by molar-refractivity contribution is -0.383. The summed E-state index contributed by atoms with van der Waals surface area (Å²) in [4.78, 5) is 74.9. The summed E-state index contributed by atoms with van der Waals surface area (Å²) in [7, 11) is 0. The van der Waals surface area contributed by atoms with E-state index >= 15 is 0 Å². The molecule has 0 spiro atoms. The van der Waals surface area contributed by atoms with Gasteiger partial charge in [0.05, 0.1) is 38.0 Å². The van der Waals surface area contributed by atoms with Crippen molar-refractivity contribution in [1.29, 1.82) is 0 Å². The number of nitrogens with two attached hydrogens (primary N) is 1. The SMILES string of the molecule is Clc1ccc2nc(-c3cccc4ccccc34)[nH]c2c1.Nc1ccc(Cl)cc1[N+](=O)[O-].O=C(Cl)c1ccc(F)c(F)c1.O=C(c1ccc(F)c(F)c1)n1c(-c2cccc3ccccc23)nc2cc(Cl)ccc21.O=C(c1ccc(F)c(F)c1)n1c(-c2cccc3ccccc23)nc2ccc(Cl)cc21.O=Cc1cccc2ccccc12. The zero-order chi connectivity index (χ0) is 80.4. The number of fused-ring (bicyclic) bond motifs is 7. The summed E-state index contributed by atoms with van der Waals surface area (Å²) in [5, 5.41) is 19.7.